The molecule has 0 amide bonds. The van der Waals surface area contributed by atoms with Crippen LogP contribution in [0, 0.1) is 0 Å². The molecule has 1 atom stereocenters. The first kappa shape index (κ1) is 59.6. The fourth-order valence-corrected chi connectivity index (χ4v) is 6.94. The highest BCUT2D eigenvalue weighted by Crippen LogP contribution is 2.13. The molecule has 0 aromatic rings. The Labute approximate surface area is 388 Å². The monoisotopic (exact) mass is 877 g/mol. The maximum absolute atomic E-state index is 12.8. The van der Waals surface area contributed by atoms with E-state index >= 15 is 0 Å². The van der Waals surface area contributed by atoms with Crippen LogP contribution in [-0.2, 0) is 28.6 Å². The van der Waals surface area contributed by atoms with Crippen molar-refractivity contribution in [2.75, 3.05) is 13.2 Å². The van der Waals surface area contributed by atoms with Crippen molar-refractivity contribution in [2.45, 2.75) is 245 Å². The molecule has 0 heterocycles. The molecule has 0 aliphatic rings. The van der Waals surface area contributed by atoms with Gasteiger partial charge in [-0.2, -0.15) is 0 Å². The van der Waals surface area contributed by atoms with Crippen LogP contribution < -0.4 is 0 Å². The average molecular weight is 877 g/mol. The van der Waals surface area contributed by atoms with E-state index in [1.807, 2.05) is 0 Å². The summed E-state index contributed by atoms with van der Waals surface area (Å²) in [7, 11) is 0. The summed E-state index contributed by atoms with van der Waals surface area (Å²) in [6.07, 6.45) is 65.5. The predicted molar refractivity (Wildman–Crippen MR) is 270 cm³/mol. The highest BCUT2D eigenvalue weighted by molar-refractivity contribution is 5.71. The van der Waals surface area contributed by atoms with Crippen molar-refractivity contribution >= 4 is 17.9 Å². The highest BCUT2D eigenvalue weighted by atomic mass is 16.6. The van der Waals surface area contributed by atoms with Crippen LogP contribution >= 0.6 is 0 Å². The Balaban J connectivity index is 4.49. The number of hydrogen-bond acceptors (Lipinski definition) is 6. The Morgan fingerprint density at radius 1 is 0.317 bits per heavy atom. The van der Waals surface area contributed by atoms with Gasteiger partial charge in [-0.3, -0.25) is 14.4 Å². The Hall–Kier alpha value is -3.41. The average Bonchev–Trinajstić information content (AvgIpc) is 3.28. The molecule has 6 heteroatoms. The Morgan fingerprint density at radius 3 is 0.937 bits per heavy atom. The van der Waals surface area contributed by atoms with Gasteiger partial charge in [0.25, 0.3) is 0 Å². The van der Waals surface area contributed by atoms with E-state index in [1.54, 1.807) is 0 Å². The third-order valence-corrected chi connectivity index (χ3v) is 11.0. The van der Waals surface area contributed by atoms with Gasteiger partial charge >= 0.3 is 17.9 Å². The van der Waals surface area contributed by atoms with Crippen LogP contribution in [0.2, 0.25) is 0 Å². The molecule has 0 bridgehead atoms. The molecule has 1 unspecified atom stereocenters. The van der Waals surface area contributed by atoms with Crippen LogP contribution in [0.25, 0.3) is 0 Å². The van der Waals surface area contributed by atoms with E-state index in [-0.39, 0.29) is 31.1 Å². The van der Waals surface area contributed by atoms with Crippen molar-refractivity contribution in [3.8, 4) is 0 Å². The molecule has 0 radical (unpaired) electrons. The minimum atomic E-state index is -0.800. The fraction of sp³-hybridized carbons (Fsp3) is 0.702. The zero-order valence-electron chi connectivity index (χ0n) is 41.1. The summed E-state index contributed by atoms with van der Waals surface area (Å²) < 4.78 is 16.8. The summed E-state index contributed by atoms with van der Waals surface area (Å²) in [6, 6.07) is 0. The number of esters is 3. The number of unbranched alkanes of at least 4 members (excludes halogenated alkanes) is 25. The number of ether oxygens (including phenoxy) is 3. The van der Waals surface area contributed by atoms with E-state index in [4.69, 9.17) is 14.2 Å². The number of carbonyl (C=O) groups excluding carboxylic acids is 3. The minimum absolute atomic E-state index is 0.0984. The normalized spacial score (nSPS) is 12.7. The van der Waals surface area contributed by atoms with Gasteiger partial charge in [0.15, 0.2) is 6.10 Å². The second kappa shape index (κ2) is 51.2. The Bertz CT molecular complexity index is 1240. The second-order valence-electron chi connectivity index (χ2n) is 17.2. The summed E-state index contributed by atoms with van der Waals surface area (Å²) >= 11 is 0. The van der Waals surface area contributed by atoms with Gasteiger partial charge in [0, 0.05) is 19.3 Å². The van der Waals surface area contributed by atoms with Gasteiger partial charge < -0.3 is 14.2 Å². The Kier molecular flexibility index (Phi) is 48.5. The molecule has 0 saturated carbocycles. The third-order valence-electron chi connectivity index (χ3n) is 11.0. The lowest BCUT2D eigenvalue weighted by atomic mass is 10.1. The predicted octanol–water partition coefficient (Wildman–Crippen LogP) is 17.2. The van der Waals surface area contributed by atoms with E-state index in [0.29, 0.717) is 19.3 Å². The van der Waals surface area contributed by atoms with Gasteiger partial charge in [-0.15, -0.1) is 0 Å². The number of rotatable bonds is 46. The van der Waals surface area contributed by atoms with Gasteiger partial charge in [-0.25, -0.2) is 0 Å². The lowest BCUT2D eigenvalue weighted by Gasteiger charge is -2.18. The SMILES string of the molecule is CCCC/C=C/C=C/C=C/CCCCCCCC(=O)OCC(COC(=O)CCCCCCC/C=C/C=C/CCCCCC)OC(=O)CCCCCCC/C=C/C=C/CCCCCC. The van der Waals surface area contributed by atoms with E-state index in [2.05, 4.69) is 106 Å². The summed E-state index contributed by atoms with van der Waals surface area (Å²) in [5.41, 5.74) is 0. The molecule has 0 N–H and O–H groups in total. The fourth-order valence-electron chi connectivity index (χ4n) is 6.94. The summed E-state index contributed by atoms with van der Waals surface area (Å²) in [6.45, 7) is 6.50. The van der Waals surface area contributed by atoms with Crippen LogP contribution in [0.4, 0.5) is 0 Å². The van der Waals surface area contributed by atoms with Crippen molar-refractivity contribution in [3.05, 3.63) is 85.1 Å². The molecule has 0 aliphatic carbocycles. The van der Waals surface area contributed by atoms with Crippen molar-refractivity contribution in [3.63, 3.8) is 0 Å². The molecule has 0 saturated heterocycles. The van der Waals surface area contributed by atoms with E-state index < -0.39 is 6.10 Å². The molecule has 0 aromatic carbocycles. The quantitative estimate of drug-likeness (QED) is 0.0262. The molecular formula is C57H96O6. The maximum atomic E-state index is 12.8. The summed E-state index contributed by atoms with van der Waals surface area (Å²) in [5, 5.41) is 0. The van der Waals surface area contributed by atoms with Crippen LogP contribution in [0.5, 0.6) is 0 Å². The molecule has 0 aliphatic heterocycles. The van der Waals surface area contributed by atoms with Gasteiger partial charge in [0.05, 0.1) is 0 Å². The van der Waals surface area contributed by atoms with Crippen molar-refractivity contribution in [1.82, 2.24) is 0 Å². The first-order valence-corrected chi connectivity index (χ1v) is 26.2. The van der Waals surface area contributed by atoms with E-state index in [0.717, 1.165) is 128 Å². The molecule has 0 rings (SSSR count). The standard InChI is InChI=1S/C57H96O6/c1-4-7-10-13-16-19-22-25-28-31-34-37-40-43-46-49-55(58)61-52-54(63-57(60)51-48-45-42-39-36-33-30-27-24-21-18-15-12-9-6-3)53-62-56(59)50-47-44-41-38-35-32-29-26-23-20-17-14-11-8-5-2/h13,16,19-30,54H,4-12,14-15,17-18,31-53H2,1-3H3/b16-13+,22-19+,23-20+,24-21+,28-25+,29-26+,30-27+. The molecule has 0 spiro atoms. The van der Waals surface area contributed by atoms with Crippen molar-refractivity contribution < 1.29 is 28.6 Å². The summed E-state index contributed by atoms with van der Waals surface area (Å²) in [4.78, 5) is 38.0. The first-order valence-electron chi connectivity index (χ1n) is 26.2. The van der Waals surface area contributed by atoms with Crippen molar-refractivity contribution in [1.29, 1.82) is 0 Å². The van der Waals surface area contributed by atoms with Crippen molar-refractivity contribution in [2.24, 2.45) is 0 Å². The maximum Gasteiger partial charge on any atom is 0.306 e. The van der Waals surface area contributed by atoms with Crippen LogP contribution in [-0.4, -0.2) is 37.2 Å². The molecule has 0 aromatic heterocycles. The van der Waals surface area contributed by atoms with Gasteiger partial charge in [0.2, 0.25) is 0 Å². The first-order chi connectivity index (χ1) is 31.0. The lowest BCUT2D eigenvalue weighted by Crippen LogP contribution is -2.30. The molecule has 0 fully saturated rings. The van der Waals surface area contributed by atoms with Gasteiger partial charge in [-0.1, -0.05) is 215 Å². The van der Waals surface area contributed by atoms with E-state index in [1.165, 1.54) is 70.6 Å². The van der Waals surface area contributed by atoms with E-state index in [9.17, 15) is 14.4 Å². The minimum Gasteiger partial charge on any atom is -0.462 e. The van der Waals surface area contributed by atoms with Gasteiger partial charge in [0.1, 0.15) is 13.2 Å². The second-order valence-corrected chi connectivity index (χ2v) is 17.2. The summed E-state index contributed by atoms with van der Waals surface area (Å²) in [5.74, 6) is -0.948. The zero-order valence-corrected chi connectivity index (χ0v) is 41.1. The largest absolute Gasteiger partial charge is 0.462 e. The van der Waals surface area contributed by atoms with Gasteiger partial charge in [-0.05, 0) is 89.9 Å². The molecule has 63 heavy (non-hydrogen) atoms. The van der Waals surface area contributed by atoms with Crippen LogP contribution in [0.3, 0.4) is 0 Å². The van der Waals surface area contributed by atoms with Crippen LogP contribution in [0.15, 0.2) is 85.1 Å². The lowest BCUT2D eigenvalue weighted by molar-refractivity contribution is -0.167. The number of carbonyl (C=O) groups is 3. The third kappa shape index (κ3) is 49.5. The molecule has 6 nitrogen and oxygen atoms in total. The molecule has 360 valence electrons. The highest BCUT2D eigenvalue weighted by Gasteiger charge is 2.19. The van der Waals surface area contributed by atoms with Crippen LogP contribution in [0.1, 0.15) is 239 Å². The smallest absolute Gasteiger partial charge is 0.306 e. The Morgan fingerprint density at radius 2 is 0.587 bits per heavy atom. The number of allylic oxidation sites excluding steroid dienone is 14. The topological polar surface area (TPSA) is 78.9 Å². The zero-order chi connectivity index (χ0) is 45.8. The number of hydrogen-bond donors (Lipinski definition) is 0. The molecular weight excluding hydrogens is 781 g/mol.